The highest BCUT2D eigenvalue weighted by atomic mass is 14.8. The zero-order chi connectivity index (χ0) is 6.24. The van der Waals surface area contributed by atoms with Crippen molar-refractivity contribution >= 4 is 0 Å². The fourth-order valence-corrected chi connectivity index (χ4v) is 0.402. The van der Waals surface area contributed by atoms with Gasteiger partial charge < -0.3 is 10.6 Å². The molecule has 2 heteroatoms. The smallest absolute Gasteiger partial charge is 0.0132 e. The van der Waals surface area contributed by atoms with Crippen molar-refractivity contribution in [2.24, 2.45) is 0 Å². The summed E-state index contributed by atoms with van der Waals surface area (Å²) in [5, 5.41) is 6.02. The highest BCUT2D eigenvalue weighted by Gasteiger charge is 1.68. The average molecular weight is 114 g/mol. The number of nitrogens with one attached hydrogen (secondary N) is 2. The summed E-state index contributed by atoms with van der Waals surface area (Å²) in [6, 6.07) is 0. The summed E-state index contributed by atoms with van der Waals surface area (Å²) in [7, 11) is 3.87. The molecular weight excluding hydrogens is 100 g/mol. The van der Waals surface area contributed by atoms with Gasteiger partial charge in [-0.25, -0.2) is 0 Å². The van der Waals surface area contributed by atoms with Crippen molar-refractivity contribution < 1.29 is 0 Å². The molecule has 0 aliphatic heterocycles. The van der Waals surface area contributed by atoms with E-state index in [9.17, 15) is 0 Å². The van der Waals surface area contributed by atoms with Crippen LogP contribution in [0, 0.1) is 0 Å². The zero-order valence-electron chi connectivity index (χ0n) is 5.57. The molecule has 0 spiro atoms. The van der Waals surface area contributed by atoms with E-state index in [1.165, 1.54) is 0 Å². The van der Waals surface area contributed by atoms with Crippen LogP contribution >= 0.6 is 0 Å². The van der Waals surface area contributed by atoms with Crippen LogP contribution in [0.4, 0.5) is 0 Å². The minimum absolute atomic E-state index is 0.960. The van der Waals surface area contributed by atoms with Crippen LogP contribution in [0.15, 0.2) is 12.2 Å². The van der Waals surface area contributed by atoms with Crippen LogP contribution in [0.3, 0.4) is 0 Å². The van der Waals surface area contributed by atoms with Crippen LogP contribution in [0.1, 0.15) is 0 Å². The fraction of sp³-hybridized carbons (Fsp3) is 0.667. The quantitative estimate of drug-likeness (QED) is 0.502. The molecule has 2 N–H and O–H groups in total. The summed E-state index contributed by atoms with van der Waals surface area (Å²) < 4.78 is 0. The molecule has 2 nitrogen and oxygen atoms in total. The van der Waals surface area contributed by atoms with Gasteiger partial charge in [-0.05, 0) is 14.1 Å². The Labute approximate surface area is 51.0 Å². The molecule has 48 valence electrons. The Bertz CT molecular complexity index is 51.5. The van der Waals surface area contributed by atoms with Crippen molar-refractivity contribution in [2.45, 2.75) is 0 Å². The van der Waals surface area contributed by atoms with E-state index in [2.05, 4.69) is 22.8 Å². The third-order valence-corrected chi connectivity index (χ3v) is 0.811. The number of rotatable bonds is 4. The molecule has 0 fully saturated rings. The number of hydrogen-bond acceptors (Lipinski definition) is 2. The van der Waals surface area contributed by atoms with Gasteiger partial charge in [-0.15, -0.1) is 0 Å². The lowest BCUT2D eigenvalue weighted by Gasteiger charge is -1.88. The van der Waals surface area contributed by atoms with E-state index < -0.39 is 0 Å². The summed E-state index contributed by atoms with van der Waals surface area (Å²) in [5.74, 6) is 0. The molecule has 8 heavy (non-hydrogen) atoms. The monoisotopic (exact) mass is 114 g/mol. The summed E-state index contributed by atoms with van der Waals surface area (Å²) in [4.78, 5) is 0. The lowest BCUT2D eigenvalue weighted by atomic mass is 10.5. The zero-order valence-corrected chi connectivity index (χ0v) is 5.57. The van der Waals surface area contributed by atoms with E-state index in [0.717, 1.165) is 13.1 Å². The van der Waals surface area contributed by atoms with Gasteiger partial charge in [0.25, 0.3) is 0 Å². The first-order valence-corrected chi connectivity index (χ1v) is 2.86. The predicted octanol–water partition coefficient (Wildman–Crippen LogP) is -0.0186. The molecule has 0 rings (SSSR count). The molecule has 0 amide bonds. The maximum Gasteiger partial charge on any atom is 0.0132 e. The Balaban J connectivity index is 2.83. The second kappa shape index (κ2) is 6.66. The van der Waals surface area contributed by atoms with E-state index in [1.54, 1.807) is 0 Å². The lowest BCUT2D eigenvalue weighted by Crippen LogP contribution is -2.07. The van der Waals surface area contributed by atoms with E-state index in [-0.39, 0.29) is 0 Å². The molecule has 0 unspecified atom stereocenters. The summed E-state index contributed by atoms with van der Waals surface area (Å²) in [5.41, 5.74) is 0. The van der Waals surface area contributed by atoms with Crippen molar-refractivity contribution in [1.82, 2.24) is 10.6 Å². The van der Waals surface area contributed by atoms with Gasteiger partial charge >= 0.3 is 0 Å². The lowest BCUT2D eigenvalue weighted by molar-refractivity contribution is 0.891. The highest BCUT2D eigenvalue weighted by Crippen LogP contribution is 1.64. The first kappa shape index (κ1) is 7.66. The summed E-state index contributed by atoms with van der Waals surface area (Å²) in [6.07, 6.45) is 4.19. The van der Waals surface area contributed by atoms with Gasteiger partial charge in [0.2, 0.25) is 0 Å². The van der Waals surface area contributed by atoms with Crippen LogP contribution in [0.2, 0.25) is 0 Å². The van der Waals surface area contributed by atoms with Crippen molar-refractivity contribution in [3.05, 3.63) is 12.2 Å². The maximum atomic E-state index is 3.01. The normalized spacial score (nSPS) is 10.8. The standard InChI is InChI=1S/C6H14N2/c1-7-5-3-4-6-8-2/h3-4,7-8H,5-6H2,1-2H3/b4-3+. The Morgan fingerprint density at radius 3 is 1.62 bits per heavy atom. The first-order valence-electron chi connectivity index (χ1n) is 2.86. The molecule has 0 heterocycles. The van der Waals surface area contributed by atoms with Gasteiger partial charge in [-0.3, -0.25) is 0 Å². The fourth-order valence-electron chi connectivity index (χ4n) is 0.402. The van der Waals surface area contributed by atoms with Crippen molar-refractivity contribution in [2.75, 3.05) is 27.2 Å². The van der Waals surface area contributed by atoms with E-state index >= 15 is 0 Å². The molecule has 0 bridgehead atoms. The summed E-state index contributed by atoms with van der Waals surface area (Å²) >= 11 is 0. The number of likely N-dealkylation sites (N-methyl/N-ethyl adjacent to an activating group) is 2. The van der Waals surface area contributed by atoms with Crippen LogP contribution in [0.25, 0.3) is 0 Å². The summed E-state index contributed by atoms with van der Waals surface area (Å²) in [6.45, 7) is 1.92. The van der Waals surface area contributed by atoms with E-state index in [0.29, 0.717) is 0 Å². The van der Waals surface area contributed by atoms with Gasteiger partial charge in [0.05, 0.1) is 0 Å². The van der Waals surface area contributed by atoms with Crippen molar-refractivity contribution in [1.29, 1.82) is 0 Å². The van der Waals surface area contributed by atoms with Gasteiger partial charge in [-0.1, -0.05) is 12.2 Å². The average Bonchev–Trinajstić information content (AvgIpc) is 1.81. The molecule has 0 aromatic rings. The van der Waals surface area contributed by atoms with Crippen LogP contribution in [-0.4, -0.2) is 27.2 Å². The molecule has 0 saturated carbocycles. The van der Waals surface area contributed by atoms with Crippen LogP contribution in [-0.2, 0) is 0 Å². The van der Waals surface area contributed by atoms with Gasteiger partial charge in [0.1, 0.15) is 0 Å². The third-order valence-electron chi connectivity index (χ3n) is 0.811. The second-order valence-corrected chi connectivity index (χ2v) is 1.59. The molecule has 0 radical (unpaired) electrons. The minimum Gasteiger partial charge on any atom is -0.316 e. The first-order chi connectivity index (χ1) is 3.91. The second-order valence-electron chi connectivity index (χ2n) is 1.59. The molecule has 0 aromatic carbocycles. The van der Waals surface area contributed by atoms with Gasteiger partial charge in [0.15, 0.2) is 0 Å². The van der Waals surface area contributed by atoms with Gasteiger partial charge in [0, 0.05) is 13.1 Å². The molecule has 0 atom stereocenters. The molecule has 0 aliphatic rings. The topological polar surface area (TPSA) is 24.1 Å². The molecule has 0 aliphatic carbocycles. The molecular formula is C6H14N2. The Morgan fingerprint density at radius 2 is 1.38 bits per heavy atom. The minimum atomic E-state index is 0.960. The Hall–Kier alpha value is -0.340. The molecule has 0 aromatic heterocycles. The van der Waals surface area contributed by atoms with Crippen LogP contribution < -0.4 is 10.6 Å². The largest absolute Gasteiger partial charge is 0.316 e. The van der Waals surface area contributed by atoms with E-state index in [1.807, 2.05) is 14.1 Å². The SMILES string of the molecule is CNC/C=C/CNC. The highest BCUT2D eigenvalue weighted by molar-refractivity contribution is 4.84. The molecule has 0 saturated heterocycles. The third kappa shape index (κ3) is 5.66. The maximum absolute atomic E-state index is 3.01. The Kier molecular flexibility index (Phi) is 6.38. The number of hydrogen-bond donors (Lipinski definition) is 2. The predicted molar refractivity (Wildman–Crippen MR) is 37.0 cm³/mol. The van der Waals surface area contributed by atoms with Crippen molar-refractivity contribution in [3.8, 4) is 0 Å². The van der Waals surface area contributed by atoms with Crippen LogP contribution in [0.5, 0.6) is 0 Å². The Morgan fingerprint density at radius 1 is 1.00 bits per heavy atom. The van der Waals surface area contributed by atoms with E-state index in [4.69, 9.17) is 0 Å². The van der Waals surface area contributed by atoms with Crippen molar-refractivity contribution in [3.63, 3.8) is 0 Å². The van der Waals surface area contributed by atoms with Gasteiger partial charge in [-0.2, -0.15) is 0 Å².